The van der Waals surface area contributed by atoms with Crippen molar-refractivity contribution in [2.75, 3.05) is 46.5 Å². The molecule has 0 radical (unpaired) electrons. The average Bonchev–Trinajstić information content (AvgIpc) is 2.29. The van der Waals surface area contributed by atoms with E-state index in [-0.39, 0.29) is 5.97 Å². The van der Waals surface area contributed by atoms with Crippen LogP contribution < -0.4 is 5.32 Å². The minimum absolute atomic E-state index is 0.114. The van der Waals surface area contributed by atoms with Gasteiger partial charge in [-0.05, 0) is 6.92 Å². The van der Waals surface area contributed by atoms with E-state index < -0.39 is 0 Å². The lowest BCUT2D eigenvalue weighted by molar-refractivity contribution is -0.143. The van der Waals surface area contributed by atoms with Crippen molar-refractivity contribution in [3.8, 4) is 0 Å². The molecule has 0 spiro atoms. The number of carbonyl (C=O) groups is 1. The smallest absolute Gasteiger partial charge is 0.307 e. The van der Waals surface area contributed by atoms with E-state index in [2.05, 4.69) is 10.2 Å². The van der Waals surface area contributed by atoms with Crippen LogP contribution in [0.3, 0.4) is 0 Å². The Morgan fingerprint density at radius 2 is 2.38 bits per heavy atom. The molecule has 1 heterocycles. The highest BCUT2D eigenvalue weighted by molar-refractivity contribution is 5.69. The molecule has 5 nitrogen and oxygen atoms in total. The van der Waals surface area contributed by atoms with Crippen LogP contribution in [0.5, 0.6) is 0 Å². The molecule has 1 aliphatic rings. The van der Waals surface area contributed by atoms with Crippen molar-refractivity contribution in [1.29, 1.82) is 0 Å². The molecule has 1 atom stereocenters. The van der Waals surface area contributed by atoms with Gasteiger partial charge in [0, 0.05) is 39.3 Å². The fraction of sp³-hybridized carbons (Fsp3) is 0.909. The predicted octanol–water partition coefficient (Wildman–Crippen LogP) is -0.140. The summed E-state index contributed by atoms with van der Waals surface area (Å²) in [4.78, 5) is 13.5. The molecule has 0 aromatic rings. The van der Waals surface area contributed by atoms with E-state index in [0.717, 1.165) is 26.2 Å². The fourth-order valence-corrected chi connectivity index (χ4v) is 1.92. The summed E-state index contributed by atoms with van der Waals surface area (Å²) in [5.74, 6) is -0.114. The average molecular weight is 230 g/mol. The molecule has 5 heteroatoms. The van der Waals surface area contributed by atoms with Gasteiger partial charge in [0.1, 0.15) is 0 Å². The number of nitrogens with one attached hydrogen (secondary N) is 1. The van der Waals surface area contributed by atoms with Crippen LogP contribution in [-0.2, 0) is 14.3 Å². The Hall–Kier alpha value is -0.650. The summed E-state index contributed by atoms with van der Waals surface area (Å²) in [6.45, 7) is 6.62. The lowest BCUT2D eigenvalue weighted by Crippen LogP contribution is -2.53. The van der Waals surface area contributed by atoms with E-state index >= 15 is 0 Å². The maximum atomic E-state index is 11.3. The number of carbonyl (C=O) groups excluding carboxylic acids is 1. The molecule has 16 heavy (non-hydrogen) atoms. The van der Waals surface area contributed by atoms with E-state index in [1.807, 2.05) is 6.92 Å². The molecule has 0 aromatic heterocycles. The number of ether oxygens (including phenoxy) is 2. The van der Waals surface area contributed by atoms with Crippen LogP contribution in [0, 0.1) is 0 Å². The molecular formula is C11H22N2O3. The van der Waals surface area contributed by atoms with Gasteiger partial charge in [-0.3, -0.25) is 9.69 Å². The van der Waals surface area contributed by atoms with Crippen LogP contribution in [-0.4, -0.2) is 63.4 Å². The Morgan fingerprint density at radius 1 is 1.56 bits per heavy atom. The standard InChI is InChI=1S/C11H22N2O3/c1-3-16-11(14)4-6-13-7-5-12-8-10(13)9-15-2/h10,12H,3-9H2,1-2H3/t10-/m0/s1. The van der Waals surface area contributed by atoms with E-state index in [4.69, 9.17) is 9.47 Å². The molecule has 1 N–H and O–H groups in total. The van der Waals surface area contributed by atoms with Gasteiger partial charge < -0.3 is 14.8 Å². The summed E-state index contributed by atoms with van der Waals surface area (Å²) in [6.07, 6.45) is 0.466. The third-order valence-corrected chi connectivity index (χ3v) is 2.74. The Kier molecular flexibility index (Phi) is 6.37. The highest BCUT2D eigenvalue weighted by atomic mass is 16.5. The van der Waals surface area contributed by atoms with Crippen LogP contribution in [0.1, 0.15) is 13.3 Å². The molecule has 1 saturated heterocycles. The maximum absolute atomic E-state index is 11.3. The number of methoxy groups -OCH3 is 1. The molecule has 1 aliphatic heterocycles. The Bertz CT molecular complexity index is 209. The van der Waals surface area contributed by atoms with Crippen LogP contribution >= 0.6 is 0 Å². The van der Waals surface area contributed by atoms with Crippen molar-refractivity contribution in [3.63, 3.8) is 0 Å². The minimum Gasteiger partial charge on any atom is -0.466 e. The predicted molar refractivity (Wildman–Crippen MR) is 61.4 cm³/mol. The molecule has 0 saturated carbocycles. The number of esters is 1. The van der Waals surface area contributed by atoms with E-state index in [0.29, 0.717) is 25.7 Å². The van der Waals surface area contributed by atoms with Gasteiger partial charge in [0.05, 0.1) is 19.6 Å². The molecular weight excluding hydrogens is 208 g/mol. The first-order chi connectivity index (χ1) is 7.77. The van der Waals surface area contributed by atoms with Crippen LogP contribution in [0.4, 0.5) is 0 Å². The van der Waals surface area contributed by atoms with Crippen molar-refractivity contribution < 1.29 is 14.3 Å². The van der Waals surface area contributed by atoms with E-state index in [1.54, 1.807) is 7.11 Å². The fourth-order valence-electron chi connectivity index (χ4n) is 1.92. The zero-order chi connectivity index (χ0) is 11.8. The highest BCUT2D eigenvalue weighted by Gasteiger charge is 2.22. The SMILES string of the molecule is CCOC(=O)CCN1CCNC[C@H]1COC. The highest BCUT2D eigenvalue weighted by Crippen LogP contribution is 2.05. The molecule has 0 aromatic carbocycles. The van der Waals surface area contributed by atoms with Gasteiger partial charge in [-0.1, -0.05) is 0 Å². The first kappa shape index (κ1) is 13.4. The summed E-state index contributed by atoms with van der Waals surface area (Å²) >= 11 is 0. The summed E-state index contributed by atoms with van der Waals surface area (Å²) in [7, 11) is 1.71. The molecule has 0 unspecified atom stereocenters. The first-order valence-corrected chi connectivity index (χ1v) is 5.87. The van der Waals surface area contributed by atoms with Gasteiger partial charge in [-0.25, -0.2) is 0 Å². The van der Waals surface area contributed by atoms with Crippen molar-refractivity contribution in [2.24, 2.45) is 0 Å². The molecule has 0 aliphatic carbocycles. The van der Waals surface area contributed by atoms with Gasteiger partial charge in [0.25, 0.3) is 0 Å². The normalized spacial score (nSPS) is 22.0. The Balaban J connectivity index is 2.29. The second-order valence-corrected chi connectivity index (χ2v) is 3.90. The van der Waals surface area contributed by atoms with E-state index in [1.165, 1.54) is 0 Å². The molecule has 1 fully saturated rings. The number of hydrogen-bond donors (Lipinski definition) is 1. The lowest BCUT2D eigenvalue weighted by atomic mass is 10.2. The topological polar surface area (TPSA) is 50.8 Å². The third-order valence-electron chi connectivity index (χ3n) is 2.74. The maximum Gasteiger partial charge on any atom is 0.307 e. The van der Waals surface area contributed by atoms with Crippen molar-refractivity contribution in [3.05, 3.63) is 0 Å². The molecule has 94 valence electrons. The molecule has 0 amide bonds. The summed E-state index contributed by atoms with van der Waals surface area (Å²) < 4.78 is 10.1. The zero-order valence-electron chi connectivity index (χ0n) is 10.2. The van der Waals surface area contributed by atoms with Crippen LogP contribution in [0.15, 0.2) is 0 Å². The molecule has 1 rings (SSSR count). The second kappa shape index (κ2) is 7.60. The summed E-state index contributed by atoms with van der Waals surface area (Å²) in [5, 5.41) is 3.32. The third kappa shape index (κ3) is 4.47. The molecule has 0 bridgehead atoms. The minimum atomic E-state index is -0.114. The van der Waals surface area contributed by atoms with Gasteiger partial charge in [0.15, 0.2) is 0 Å². The zero-order valence-corrected chi connectivity index (χ0v) is 10.2. The first-order valence-electron chi connectivity index (χ1n) is 5.87. The monoisotopic (exact) mass is 230 g/mol. The van der Waals surface area contributed by atoms with Crippen molar-refractivity contribution in [1.82, 2.24) is 10.2 Å². The van der Waals surface area contributed by atoms with Gasteiger partial charge in [-0.2, -0.15) is 0 Å². The van der Waals surface area contributed by atoms with Crippen molar-refractivity contribution >= 4 is 5.97 Å². The number of hydrogen-bond acceptors (Lipinski definition) is 5. The van der Waals surface area contributed by atoms with Gasteiger partial charge in [0.2, 0.25) is 0 Å². The quantitative estimate of drug-likeness (QED) is 0.644. The van der Waals surface area contributed by atoms with Crippen LogP contribution in [0.25, 0.3) is 0 Å². The Labute approximate surface area is 97.1 Å². The number of rotatable bonds is 6. The van der Waals surface area contributed by atoms with Gasteiger partial charge >= 0.3 is 5.97 Å². The van der Waals surface area contributed by atoms with Crippen molar-refractivity contribution in [2.45, 2.75) is 19.4 Å². The van der Waals surface area contributed by atoms with Gasteiger partial charge in [-0.15, -0.1) is 0 Å². The summed E-state index contributed by atoms with van der Waals surface area (Å²) in [5.41, 5.74) is 0. The number of piperazine rings is 1. The second-order valence-electron chi connectivity index (χ2n) is 3.90. The summed E-state index contributed by atoms with van der Waals surface area (Å²) in [6, 6.07) is 0.369. The lowest BCUT2D eigenvalue weighted by Gasteiger charge is -2.35. The van der Waals surface area contributed by atoms with E-state index in [9.17, 15) is 4.79 Å². The van der Waals surface area contributed by atoms with Crippen LogP contribution in [0.2, 0.25) is 0 Å². The largest absolute Gasteiger partial charge is 0.466 e. The Morgan fingerprint density at radius 3 is 3.06 bits per heavy atom. The number of nitrogens with zero attached hydrogens (tertiary/aromatic N) is 1.